The van der Waals surface area contributed by atoms with Crippen molar-refractivity contribution in [2.75, 3.05) is 30.8 Å². The summed E-state index contributed by atoms with van der Waals surface area (Å²) in [5.41, 5.74) is 0. The molecule has 0 radical (unpaired) electrons. The van der Waals surface area contributed by atoms with Crippen LogP contribution in [0.3, 0.4) is 0 Å². The molecule has 0 aliphatic heterocycles. The molecular formula is C8H14N4O2. The minimum Gasteiger partial charge on any atom is -0.394 e. The molecule has 1 aromatic rings. The molecule has 0 saturated carbocycles. The maximum Gasteiger partial charge on any atom is 0.224 e. The van der Waals surface area contributed by atoms with Crippen LogP contribution in [-0.4, -0.2) is 46.5 Å². The van der Waals surface area contributed by atoms with E-state index in [-0.39, 0.29) is 13.2 Å². The average Bonchev–Trinajstić information content (AvgIpc) is 2.26. The third kappa shape index (κ3) is 3.15. The summed E-state index contributed by atoms with van der Waals surface area (Å²) in [6, 6.07) is 1.69. The van der Waals surface area contributed by atoms with Gasteiger partial charge in [-0.2, -0.15) is 4.98 Å². The molecule has 1 unspecified atom stereocenters. The van der Waals surface area contributed by atoms with Crippen molar-refractivity contribution in [3.05, 3.63) is 12.3 Å². The molecule has 14 heavy (non-hydrogen) atoms. The highest BCUT2D eigenvalue weighted by Crippen LogP contribution is 2.04. The first-order chi connectivity index (χ1) is 6.76. The van der Waals surface area contributed by atoms with Gasteiger partial charge in [-0.1, -0.05) is 0 Å². The van der Waals surface area contributed by atoms with Gasteiger partial charge in [0.2, 0.25) is 5.95 Å². The van der Waals surface area contributed by atoms with Gasteiger partial charge in [0.15, 0.2) is 0 Å². The highest BCUT2D eigenvalue weighted by Gasteiger charge is 2.02. The van der Waals surface area contributed by atoms with Crippen molar-refractivity contribution >= 4 is 11.8 Å². The molecule has 1 aromatic heterocycles. The smallest absolute Gasteiger partial charge is 0.224 e. The summed E-state index contributed by atoms with van der Waals surface area (Å²) in [6.45, 7) is -0.00631. The summed E-state index contributed by atoms with van der Waals surface area (Å²) in [5, 5.41) is 23.3. The van der Waals surface area contributed by atoms with Crippen LogP contribution in [0.1, 0.15) is 0 Å². The monoisotopic (exact) mass is 198 g/mol. The van der Waals surface area contributed by atoms with E-state index in [0.717, 1.165) is 0 Å². The maximum absolute atomic E-state index is 9.07. The van der Waals surface area contributed by atoms with Crippen LogP contribution in [0.5, 0.6) is 0 Å². The fraction of sp³-hybridized carbons (Fsp3) is 0.500. The van der Waals surface area contributed by atoms with E-state index >= 15 is 0 Å². The Morgan fingerprint density at radius 2 is 2.36 bits per heavy atom. The second kappa shape index (κ2) is 5.36. The van der Waals surface area contributed by atoms with Crippen LogP contribution < -0.4 is 10.6 Å². The van der Waals surface area contributed by atoms with Crippen LogP contribution in [0.2, 0.25) is 0 Å². The van der Waals surface area contributed by atoms with Gasteiger partial charge in [-0.05, 0) is 6.07 Å². The van der Waals surface area contributed by atoms with E-state index in [0.29, 0.717) is 11.8 Å². The van der Waals surface area contributed by atoms with Crippen molar-refractivity contribution in [1.29, 1.82) is 0 Å². The largest absolute Gasteiger partial charge is 0.394 e. The number of aromatic nitrogens is 2. The highest BCUT2D eigenvalue weighted by molar-refractivity contribution is 5.39. The van der Waals surface area contributed by atoms with Crippen LogP contribution >= 0.6 is 0 Å². The number of nitrogens with zero attached hydrogens (tertiary/aromatic N) is 2. The average molecular weight is 198 g/mol. The van der Waals surface area contributed by atoms with Crippen molar-refractivity contribution < 1.29 is 10.2 Å². The molecule has 1 rings (SSSR count). The molecule has 0 aromatic carbocycles. The molecule has 6 heteroatoms. The first-order valence-corrected chi connectivity index (χ1v) is 4.30. The van der Waals surface area contributed by atoms with Crippen molar-refractivity contribution in [1.82, 2.24) is 9.97 Å². The predicted octanol–water partition coefficient (Wildman–Crippen LogP) is -0.717. The summed E-state index contributed by atoms with van der Waals surface area (Å²) in [6.07, 6.45) is 0.829. The molecule has 1 atom stereocenters. The number of nitrogens with one attached hydrogen (secondary N) is 2. The van der Waals surface area contributed by atoms with Crippen LogP contribution in [0.4, 0.5) is 11.8 Å². The Labute approximate surface area is 82.0 Å². The van der Waals surface area contributed by atoms with Gasteiger partial charge >= 0.3 is 0 Å². The Balaban J connectivity index is 2.50. The lowest BCUT2D eigenvalue weighted by molar-refractivity contribution is 0.105. The van der Waals surface area contributed by atoms with E-state index < -0.39 is 6.10 Å². The molecule has 0 aliphatic rings. The van der Waals surface area contributed by atoms with E-state index in [2.05, 4.69) is 20.6 Å². The second-order valence-corrected chi connectivity index (χ2v) is 2.73. The molecule has 0 spiro atoms. The number of rotatable bonds is 5. The Morgan fingerprint density at radius 3 is 3.00 bits per heavy atom. The Bertz CT molecular complexity index is 282. The van der Waals surface area contributed by atoms with E-state index in [1.165, 1.54) is 0 Å². The lowest BCUT2D eigenvalue weighted by atomic mass is 10.4. The van der Waals surface area contributed by atoms with E-state index in [4.69, 9.17) is 10.2 Å². The molecule has 0 amide bonds. The van der Waals surface area contributed by atoms with Gasteiger partial charge in [0.25, 0.3) is 0 Å². The van der Waals surface area contributed by atoms with Gasteiger partial charge in [-0.3, -0.25) is 0 Å². The zero-order valence-electron chi connectivity index (χ0n) is 7.94. The normalized spacial score (nSPS) is 12.2. The van der Waals surface area contributed by atoms with Crippen molar-refractivity contribution in [2.24, 2.45) is 0 Å². The molecular weight excluding hydrogens is 184 g/mol. The van der Waals surface area contributed by atoms with Crippen LogP contribution in [0, 0.1) is 0 Å². The predicted molar refractivity (Wildman–Crippen MR) is 53.2 cm³/mol. The first-order valence-electron chi connectivity index (χ1n) is 4.30. The molecule has 4 N–H and O–H groups in total. The minimum absolute atomic E-state index is 0.261. The van der Waals surface area contributed by atoms with Gasteiger partial charge in [-0.25, -0.2) is 4.98 Å². The summed E-state index contributed by atoms with van der Waals surface area (Å²) >= 11 is 0. The number of hydrogen-bond acceptors (Lipinski definition) is 6. The summed E-state index contributed by atoms with van der Waals surface area (Å²) in [4.78, 5) is 8.00. The lowest BCUT2D eigenvalue weighted by Crippen LogP contribution is -2.23. The maximum atomic E-state index is 9.07. The van der Waals surface area contributed by atoms with Gasteiger partial charge < -0.3 is 20.8 Å². The van der Waals surface area contributed by atoms with Crippen LogP contribution in [0.15, 0.2) is 12.3 Å². The van der Waals surface area contributed by atoms with Gasteiger partial charge in [0.05, 0.1) is 12.7 Å². The standard InChI is InChI=1S/C8H14N4O2/c1-9-8-10-3-2-7(12-8)11-4-6(14)5-13/h2-3,6,13-14H,4-5H2,1H3,(H2,9,10,11,12). The Morgan fingerprint density at radius 1 is 1.57 bits per heavy atom. The molecule has 78 valence electrons. The Hall–Kier alpha value is -1.40. The van der Waals surface area contributed by atoms with Gasteiger partial charge in [-0.15, -0.1) is 0 Å². The Kier molecular flexibility index (Phi) is 4.09. The number of hydrogen-bond donors (Lipinski definition) is 4. The summed E-state index contributed by atoms with van der Waals surface area (Å²) < 4.78 is 0. The second-order valence-electron chi connectivity index (χ2n) is 2.73. The van der Waals surface area contributed by atoms with Crippen molar-refractivity contribution in [3.8, 4) is 0 Å². The van der Waals surface area contributed by atoms with E-state index in [9.17, 15) is 0 Å². The summed E-state index contributed by atoms with van der Waals surface area (Å²) in [5.74, 6) is 1.12. The number of anilines is 2. The number of aliphatic hydroxyl groups is 2. The van der Waals surface area contributed by atoms with Crippen LogP contribution in [-0.2, 0) is 0 Å². The lowest BCUT2D eigenvalue weighted by Gasteiger charge is -2.09. The summed E-state index contributed by atoms with van der Waals surface area (Å²) in [7, 11) is 1.72. The molecule has 0 aliphatic carbocycles. The molecule has 1 heterocycles. The molecule has 0 saturated heterocycles. The fourth-order valence-corrected chi connectivity index (χ4v) is 0.865. The number of aliphatic hydroxyl groups excluding tert-OH is 2. The SMILES string of the molecule is CNc1nccc(NCC(O)CO)n1. The molecule has 0 bridgehead atoms. The molecule has 6 nitrogen and oxygen atoms in total. The third-order valence-electron chi connectivity index (χ3n) is 1.61. The zero-order chi connectivity index (χ0) is 10.4. The fourth-order valence-electron chi connectivity index (χ4n) is 0.865. The zero-order valence-corrected chi connectivity index (χ0v) is 7.94. The van der Waals surface area contributed by atoms with Crippen molar-refractivity contribution in [3.63, 3.8) is 0 Å². The molecule has 0 fully saturated rings. The van der Waals surface area contributed by atoms with Crippen LogP contribution in [0.25, 0.3) is 0 Å². The quantitative estimate of drug-likeness (QED) is 0.499. The highest BCUT2D eigenvalue weighted by atomic mass is 16.3. The van der Waals surface area contributed by atoms with E-state index in [1.54, 1.807) is 19.3 Å². The minimum atomic E-state index is -0.775. The third-order valence-corrected chi connectivity index (χ3v) is 1.61. The van der Waals surface area contributed by atoms with Crippen molar-refractivity contribution in [2.45, 2.75) is 6.10 Å². The topological polar surface area (TPSA) is 90.3 Å². The van der Waals surface area contributed by atoms with Gasteiger partial charge in [0, 0.05) is 19.8 Å². The first kappa shape index (κ1) is 10.7. The van der Waals surface area contributed by atoms with Gasteiger partial charge in [0.1, 0.15) is 5.82 Å². The van der Waals surface area contributed by atoms with E-state index in [1.807, 2.05) is 0 Å².